The summed E-state index contributed by atoms with van der Waals surface area (Å²) in [5.74, 6) is 1.37. The van der Waals surface area contributed by atoms with Crippen LogP contribution in [-0.2, 0) is 0 Å². The third-order valence-corrected chi connectivity index (χ3v) is 6.43. The molecule has 0 bridgehead atoms. The normalized spacial score (nSPS) is 20.1. The summed E-state index contributed by atoms with van der Waals surface area (Å²) in [5.41, 5.74) is 3.80. The number of piperidine rings is 1. The van der Waals surface area contributed by atoms with E-state index in [9.17, 15) is 0 Å². The van der Waals surface area contributed by atoms with E-state index < -0.39 is 0 Å². The van der Waals surface area contributed by atoms with Crippen molar-refractivity contribution in [3.63, 3.8) is 0 Å². The Morgan fingerprint density at radius 1 is 1.29 bits per heavy atom. The molecule has 4 heterocycles. The molecule has 2 aromatic rings. The molecule has 1 atom stereocenters. The molecule has 144 valence electrons. The molecule has 28 heavy (non-hydrogen) atoms. The maximum absolute atomic E-state index is 4.93. The second-order valence-corrected chi connectivity index (χ2v) is 8.59. The molecule has 5 nitrogen and oxygen atoms in total. The van der Waals surface area contributed by atoms with E-state index in [1.807, 2.05) is 30.5 Å². The number of thiophene rings is 1. The molecule has 1 saturated heterocycles. The third-order valence-electron chi connectivity index (χ3n) is 5.35. The van der Waals surface area contributed by atoms with Crippen LogP contribution in [0.25, 0.3) is 11.3 Å². The van der Waals surface area contributed by atoms with Gasteiger partial charge in [-0.25, -0.2) is 15.0 Å². The zero-order valence-corrected chi connectivity index (χ0v) is 17.2. The van der Waals surface area contributed by atoms with Crippen LogP contribution >= 0.6 is 11.3 Å². The minimum Gasteiger partial charge on any atom is -0.342 e. The molecule has 1 fully saturated rings. The van der Waals surface area contributed by atoms with Crippen LogP contribution in [0.5, 0.6) is 0 Å². The maximum atomic E-state index is 4.93. The number of rotatable bonds is 3. The highest BCUT2D eigenvalue weighted by atomic mass is 32.1. The quantitative estimate of drug-likeness (QED) is 0.776. The molecule has 0 spiro atoms. The fraction of sp³-hybridized carbons (Fsp3) is 0.318. The topological polar surface area (TPSA) is 44.6 Å². The standard InChI is InChI=1S/C22H25N5S/c1-15-12-20(19-9-10-23-14-24-19)25-22(26(15)4)27-11-5-6-18(13-27)17(3)21-8-7-16(2)28-21/h7-10,12,14,18H,1,3,5-6,11,13H2,2,4H3. The molecule has 1 unspecified atom stereocenters. The zero-order chi connectivity index (χ0) is 19.7. The smallest absolute Gasteiger partial charge is 0.206 e. The van der Waals surface area contributed by atoms with Crippen molar-refractivity contribution in [2.45, 2.75) is 19.8 Å². The minimum atomic E-state index is 0.435. The minimum absolute atomic E-state index is 0.435. The molecule has 0 radical (unpaired) electrons. The van der Waals surface area contributed by atoms with Gasteiger partial charge >= 0.3 is 0 Å². The monoisotopic (exact) mass is 391 g/mol. The first kappa shape index (κ1) is 18.6. The van der Waals surface area contributed by atoms with Gasteiger partial charge < -0.3 is 9.80 Å². The molecule has 4 rings (SSSR count). The Morgan fingerprint density at radius 2 is 2.14 bits per heavy atom. The number of hydrogen-bond donors (Lipinski definition) is 0. The first-order valence-electron chi connectivity index (χ1n) is 9.53. The lowest BCUT2D eigenvalue weighted by molar-refractivity contribution is 0.275. The largest absolute Gasteiger partial charge is 0.342 e. The van der Waals surface area contributed by atoms with E-state index in [0.29, 0.717) is 5.92 Å². The Balaban J connectivity index is 1.58. The summed E-state index contributed by atoms with van der Waals surface area (Å²) in [6.07, 6.45) is 7.55. The van der Waals surface area contributed by atoms with Crippen molar-refractivity contribution in [1.82, 2.24) is 19.8 Å². The van der Waals surface area contributed by atoms with Crippen LogP contribution in [0.3, 0.4) is 0 Å². The van der Waals surface area contributed by atoms with Crippen LogP contribution in [-0.4, -0.2) is 45.9 Å². The second kappa shape index (κ2) is 7.72. The summed E-state index contributed by atoms with van der Waals surface area (Å²) in [7, 11) is 2.02. The Labute approximate surface area is 170 Å². The highest BCUT2D eigenvalue weighted by Crippen LogP contribution is 2.34. The number of likely N-dealkylation sites (tertiary alicyclic amines) is 1. The van der Waals surface area contributed by atoms with Crippen LogP contribution in [0, 0.1) is 12.8 Å². The first-order valence-corrected chi connectivity index (χ1v) is 10.3. The van der Waals surface area contributed by atoms with Gasteiger partial charge in [0.05, 0.1) is 11.4 Å². The first-order chi connectivity index (χ1) is 13.5. The predicted molar refractivity (Wildman–Crippen MR) is 117 cm³/mol. The lowest BCUT2D eigenvalue weighted by atomic mass is 9.90. The molecule has 2 aliphatic rings. The van der Waals surface area contributed by atoms with Crippen molar-refractivity contribution in [2.24, 2.45) is 10.9 Å². The summed E-state index contributed by atoms with van der Waals surface area (Å²) in [4.78, 5) is 20.3. The summed E-state index contributed by atoms with van der Waals surface area (Å²) < 4.78 is 0. The number of likely N-dealkylation sites (N-methyl/N-ethyl adjacent to an activating group) is 1. The zero-order valence-electron chi connectivity index (χ0n) is 16.4. The fourth-order valence-electron chi connectivity index (χ4n) is 3.71. The van der Waals surface area contributed by atoms with Crippen molar-refractivity contribution in [1.29, 1.82) is 0 Å². The average Bonchev–Trinajstić information content (AvgIpc) is 3.16. The van der Waals surface area contributed by atoms with Crippen LogP contribution in [0.4, 0.5) is 0 Å². The Bertz CT molecular complexity index is 956. The SMILES string of the molecule is C=C(c1ccc(C)s1)C1CCCN(C2=NC(c3ccncn3)=CC(=C)N2C)C1. The van der Waals surface area contributed by atoms with E-state index in [-0.39, 0.29) is 0 Å². The number of nitrogens with zero attached hydrogens (tertiary/aromatic N) is 5. The number of aromatic nitrogens is 2. The second-order valence-electron chi connectivity index (χ2n) is 7.31. The van der Waals surface area contributed by atoms with E-state index >= 15 is 0 Å². The van der Waals surface area contributed by atoms with Gasteiger partial charge in [-0.05, 0) is 49.6 Å². The van der Waals surface area contributed by atoms with Crippen molar-refractivity contribution < 1.29 is 0 Å². The summed E-state index contributed by atoms with van der Waals surface area (Å²) >= 11 is 1.83. The number of hydrogen-bond acceptors (Lipinski definition) is 6. The lowest BCUT2D eigenvalue weighted by Crippen LogP contribution is -2.47. The van der Waals surface area contributed by atoms with E-state index in [0.717, 1.165) is 42.6 Å². The summed E-state index contributed by atoms with van der Waals surface area (Å²) in [5, 5.41) is 0. The Kier molecular flexibility index (Phi) is 5.13. The van der Waals surface area contributed by atoms with E-state index in [2.05, 4.69) is 52.0 Å². The number of guanidine groups is 1. The van der Waals surface area contributed by atoms with Crippen molar-refractivity contribution in [3.8, 4) is 0 Å². The number of aryl methyl sites for hydroxylation is 1. The van der Waals surface area contributed by atoms with E-state index in [1.165, 1.54) is 21.7 Å². The van der Waals surface area contributed by atoms with Gasteiger partial charge in [-0.1, -0.05) is 13.2 Å². The molecular formula is C22H25N5S. The predicted octanol–water partition coefficient (Wildman–Crippen LogP) is 4.43. The molecule has 6 heteroatoms. The lowest BCUT2D eigenvalue weighted by Gasteiger charge is -2.40. The molecule has 0 aliphatic carbocycles. The van der Waals surface area contributed by atoms with Gasteiger partial charge in [-0.15, -0.1) is 11.3 Å². The summed E-state index contributed by atoms with van der Waals surface area (Å²) in [6, 6.07) is 6.25. The van der Waals surface area contributed by atoms with Gasteiger partial charge in [0.2, 0.25) is 5.96 Å². The van der Waals surface area contributed by atoms with Gasteiger partial charge in [-0.3, -0.25) is 0 Å². The third kappa shape index (κ3) is 3.64. The van der Waals surface area contributed by atoms with Gasteiger partial charge in [0.15, 0.2) is 0 Å². The van der Waals surface area contributed by atoms with Gasteiger partial charge in [0.25, 0.3) is 0 Å². The van der Waals surface area contributed by atoms with Crippen molar-refractivity contribution in [2.75, 3.05) is 20.1 Å². The van der Waals surface area contributed by atoms with Crippen LogP contribution in [0.2, 0.25) is 0 Å². The highest BCUT2D eigenvalue weighted by molar-refractivity contribution is 7.13. The van der Waals surface area contributed by atoms with Gasteiger partial charge in [0, 0.05) is 47.7 Å². The van der Waals surface area contributed by atoms with Crippen LogP contribution in [0.15, 0.2) is 60.6 Å². The van der Waals surface area contributed by atoms with Crippen LogP contribution in [0.1, 0.15) is 28.3 Å². The molecule has 2 aliphatic heterocycles. The molecule has 2 aromatic heterocycles. The maximum Gasteiger partial charge on any atom is 0.206 e. The molecule has 0 N–H and O–H groups in total. The average molecular weight is 392 g/mol. The molecule has 0 aromatic carbocycles. The Morgan fingerprint density at radius 3 is 2.86 bits per heavy atom. The van der Waals surface area contributed by atoms with Crippen LogP contribution < -0.4 is 0 Å². The van der Waals surface area contributed by atoms with Crippen molar-refractivity contribution >= 4 is 28.6 Å². The van der Waals surface area contributed by atoms with E-state index in [4.69, 9.17) is 4.99 Å². The van der Waals surface area contributed by atoms with Gasteiger partial charge in [-0.2, -0.15) is 0 Å². The Hall–Kier alpha value is -2.73. The van der Waals surface area contributed by atoms with Crippen molar-refractivity contribution in [3.05, 3.63) is 71.1 Å². The van der Waals surface area contributed by atoms with Gasteiger partial charge in [0.1, 0.15) is 6.33 Å². The number of aliphatic imine (C=N–C) groups is 1. The highest BCUT2D eigenvalue weighted by Gasteiger charge is 2.29. The molecule has 0 saturated carbocycles. The fourth-order valence-corrected chi connectivity index (χ4v) is 4.62. The number of allylic oxidation sites excluding steroid dienone is 1. The summed E-state index contributed by atoms with van der Waals surface area (Å²) in [6.45, 7) is 12.7. The molecular weight excluding hydrogens is 366 g/mol. The molecule has 0 amide bonds. The van der Waals surface area contributed by atoms with E-state index in [1.54, 1.807) is 12.5 Å².